The highest BCUT2D eigenvalue weighted by Crippen LogP contribution is 2.41. The zero-order valence-corrected chi connectivity index (χ0v) is 9.49. The van der Waals surface area contributed by atoms with Crippen LogP contribution >= 0.6 is 0 Å². The fourth-order valence-electron chi connectivity index (χ4n) is 1.96. The molecule has 0 spiro atoms. The highest BCUT2D eigenvalue weighted by molar-refractivity contribution is 5.22. The molecule has 2 rings (SSSR count). The van der Waals surface area contributed by atoms with Crippen molar-refractivity contribution < 1.29 is 9.50 Å². The van der Waals surface area contributed by atoms with Crippen molar-refractivity contribution in [1.82, 2.24) is 5.32 Å². The van der Waals surface area contributed by atoms with E-state index >= 15 is 0 Å². The number of hydrogen-bond donors (Lipinski definition) is 2. The van der Waals surface area contributed by atoms with Crippen molar-refractivity contribution in [2.24, 2.45) is 5.92 Å². The molecular weight excluding hydrogens is 205 g/mol. The lowest BCUT2D eigenvalue weighted by molar-refractivity contribution is 0.236. The van der Waals surface area contributed by atoms with Gasteiger partial charge >= 0.3 is 0 Å². The minimum Gasteiger partial charge on any atom is -0.395 e. The topological polar surface area (TPSA) is 32.3 Å². The Morgan fingerprint density at radius 3 is 2.50 bits per heavy atom. The van der Waals surface area contributed by atoms with Gasteiger partial charge in [0.25, 0.3) is 0 Å². The molecule has 0 aliphatic heterocycles. The highest BCUT2D eigenvalue weighted by atomic mass is 19.1. The molecule has 1 aromatic rings. The number of nitrogens with one attached hydrogen (secondary N) is 1. The predicted octanol–water partition coefficient (Wildman–Crippen LogP) is 2.25. The molecule has 1 saturated carbocycles. The van der Waals surface area contributed by atoms with Crippen LogP contribution in [0.25, 0.3) is 0 Å². The van der Waals surface area contributed by atoms with Gasteiger partial charge in [0.1, 0.15) is 5.82 Å². The zero-order chi connectivity index (χ0) is 11.5. The minimum absolute atomic E-state index is 0.0793. The second kappa shape index (κ2) is 4.93. The SMILES string of the molecule is C[C@H](CO)NC(c1ccc(F)cc1)C1CC1. The number of benzene rings is 1. The van der Waals surface area contributed by atoms with Crippen molar-refractivity contribution in [1.29, 1.82) is 0 Å². The Morgan fingerprint density at radius 1 is 1.38 bits per heavy atom. The lowest BCUT2D eigenvalue weighted by Gasteiger charge is -2.22. The number of aliphatic hydroxyl groups excluding tert-OH is 1. The molecular formula is C13H18FNO. The van der Waals surface area contributed by atoms with E-state index in [1.807, 2.05) is 19.1 Å². The largest absolute Gasteiger partial charge is 0.395 e. The summed E-state index contributed by atoms with van der Waals surface area (Å²) in [4.78, 5) is 0. The Hall–Kier alpha value is -0.930. The van der Waals surface area contributed by atoms with Gasteiger partial charge < -0.3 is 10.4 Å². The molecule has 3 heteroatoms. The third kappa shape index (κ3) is 2.80. The quantitative estimate of drug-likeness (QED) is 0.802. The van der Waals surface area contributed by atoms with Crippen molar-refractivity contribution in [3.05, 3.63) is 35.6 Å². The first-order valence-corrected chi connectivity index (χ1v) is 5.83. The van der Waals surface area contributed by atoms with Gasteiger partial charge in [0, 0.05) is 12.1 Å². The van der Waals surface area contributed by atoms with Gasteiger partial charge in [-0.2, -0.15) is 0 Å². The summed E-state index contributed by atoms with van der Waals surface area (Å²) in [5, 5.41) is 12.4. The lowest BCUT2D eigenvalue weighted by atomic mass is 10.0. The standard InChI is InChI=1S/C13H18FNO/c1-9(8-16)15-13(10-2-3-10)11-4-6-12(14)7-5-11/h4-7,9-10,13,15-16H,2-3,8H2,1H3/t9-,13?/m1/s1. The molecule has 1 fully saturated rings. The van der Waals surface area contributed by atoms with Crippen LogP contribution in [0, 0.1) is 11.7 Å². The van der Waals surface area contributed by atoms with E-state index in [0.29, 0.717) is 5.92 Å². The van der Waals surface area contributed by atoms with Crippen molar-refractivity contribution in [3.8, 4) is 0 Å². The maximum absolute atomic E-state index is 12.8. The van der Waals surface area contributed by atoms with Crippen LogP contribution in [-0.4, -0.2) is 17.8 Å². The Morgan fingerprint density at radius 2 is 2.00 bits per heavy atom. The number of aliphatic hydroxyl groups is 1. The van der Waals surface area contributed by atoms with Gasteiger partial charge in [0.05, 0.1) is 6.61 Å². The second-order valence-corrected chi connectivity index (χ2v) is 4.62. The average molecular weight is 223 g/mol. The van der Waals surface area contributed by atoms with Gasteiger partial charge in [-0.3, -0.25) is 0 Å². The van der Waals surface area contributed by atoms with Crippen LogP contribution in [0.15, 0.2) is 24.3 Å². The molecule has 0 heterocycles. The van der Waals surface area contributed by atoms with E-state index in [4.69, 9.17) is 5.11 Å². The van der Waals surface area contributed by atoms with Crippen LogP contribution in [0.1, 0.15) is 31.4 Å². The van der Waals surface area contributed by atoms with Crippen molar-refractivity contribution >= 4 is 0 Å². The first kappa shape index (κ1) is 11.6. The smallest absolute Gasteiger partial charge is 0.123 e. The fourth-order valence-corrected chi connectivity index (χ4v) is 1.96. The van der Waals surface area contributed by atoms with E-state index in [0.717, 1.165) is 5.56 Å². The second-order valence-electron chi connectivity index (χ2n) is 4.62. The summed E-state index contributed by atoms with van der Waals surface area (Å²) in [5.74, 6) is 0.438. The summed E-state index contributed by atoms with van der Waals surface area (Å²) in [6.45, 7) is 2.09. The van der Waals surface area contributed by atoms with E-state index in [-0.39, 0.29) is 24.5 Å². The maximum atomic E-state index is 12.8. The molecule has 2 atom stereocenters. The van der Waals surface area contributed by atoms with Gasteiger partial charge in [-0.25, -0.2) is 4.39 Å². The Balaban J connectivity index is 2.09. The summed E-state index contributed by atoms with van der Waals surface area (Å²) in [6.07, 6.45) is 2.43. The van der Waals surface area contributed by atoms with Crippen molar-refractivity contribution in [3.63, 3.8) is 0 Å². The molecule has 1 aliphatic rings. The first-order chi connectivity index (χ1) is 7.70. The predicted molar refractivity (Wildman–Crippen MR) is 61.5 cm³/mol. The molecule has 2 N–H and O–H groups in total. The molecule has 0 saturated heterocycles. The summed E-state index contributed by atoms with van der Waals surface area (Å²) in [6, 6.07) is 6.98. The van der Waals surface area contributed by atoms with E-state index in [1.54, 1.807) is 0 Å². The van der Waals surface area contributed by atoms with Crippen LogP contribution in [-0.2, 0) is 0 Å². The number of rotatable bonds is 5. The maximum Gasteiger partial charge on any atom is 0.123 e. The van der Waals surface area contributed by atoms with E-state index in [2.05, 4.69) is 5.32 Å². The van der Waals surface area contributed by atoms with Crippen molar-refractivity contribution in [2.45, 2.75) is 31.8 Å². The van der Waals surface area contributed by atoms with Crippen LogP contribution in [0.4, 0.5) is 4.39 Å². The Bertz CT molecular complexity index is 334. The summed E-state index contributed by atoms with van der Waals surface area (Å²) >= 11 is 0. The normalized spacial score (nSPS) is 19.4. The highest BCUT2D eigenvalue weighted by Gasteiger charge is 2.32. The molecule has 1 aromatic carbocycles. The van der Waals surface area contributed by atoms with E-state index in [9.17, 15) is 4.39 Å². The molecule has 1 unspecified atom stereocenters. The lowest BCUT2D eigenvalue weighted by Crippen LogP contribution is -2.34. The third-order valence-corrected chi connectivity index (χ3v) is 3.06. The summed E-state index contributed by atoms with van der Waals surface area (Å²) in [7, 11) is 0. The van der Waals surface area contributed by atoms with Gasteiger partial charge in [0.15, 0.2) is 0 Å². The van der Waals surface area contributed by atoms with Crippen LogP contribution in [0.5, 0.6) is 0 Å². The fraction of sp³-hybridized carbons (Fsp3) is 0.538. The van der Waals surface area contributed by atoms with E-state index in [1.165, 1.54) is 25.0 Å². The van der Waals surface area contributed by atoms with Crippen LogP contribution in [0.3, 0.4) is 0 Å². The van der Waals surface area contributed by atoms with Crippen LogP contribution in [0.2, 0.25) is 0 Å². The van der Waals surface area contributed by atoms with E-state index < -0.39 is 0 Å². The Labute approximate surface area is 95.5 Å². The number of hydrogen-bond acceptors (Lipinski definition) is 2. The van der Waals surface area contributed by atoms with Gasteiger partial charge in [-0.15, -0.1) is 0 Å². The molecule has 0 radical (unpaired) electrons. The molecule has 0 bridgehead atoms. The summed E-state index contributed by atoms with van der Waals surface area (Å²) in [5.41, 5.74) is 1.12. The van der Waals surface area contributed by atoms with Gasteiger partial charge in [-0.05, 0) is 43.4 Å². The minimum atomic E-state index is -0.200. The van der Waals surface area contributed by atoms with Crippen LogP contribution < -0.4 is 5.32 Å². The van der Waals surface area contributed by atoms with Crippen molar-refractivity contribution in [2.75, 3.05) is 6.61 Å². The molecule has 16 heavy (non-hydrogen) atoms. The molecule has 88 valence electrons. The molecule has 0 aromatic heterocycles. The molecule has 0 amide bonds. The number of halogens is 1. The summed E-state index contributed by atoms with van der Waals surface area (Å²) < 4.78 is 12.8. The molecule has 1 aliphatic carbocycles. The first-order valence-electron chi connectivity index (χ1n) is 5.83. The molecule has 2 nitrogen and oxygen atoms in total. The monoisotopic (exact) mass is 223 g/mol. The van der Waals surface area contributed by atoms with Gasteiger partial charge in [0.2, 0.25) is 0 Å². The van der Waals surface area contributed by atoms with Gasteiger partial charge in [-0.1, -0.05) is 12.1 Å². The third-order valence-electron chi connectivity index (χ3n) is 3.06. The average Bonchev–Trinajstić information content (AvgIpc) is 3.11. The zero-order valence-electron chi connectivity index (χ0n) is 9.49. The Kier molecular flexibility index (Phi) is 3.56.